The first-order valence-corrected chi connectivity index (χ1v) is 15.7. The molecule has 1 aromatic heterocycles. The van der Waals surface area contributed by atoms with E-state index in [0.717, 1.165) is 30.7 Å². The van der Waals surface area contributed by atoms with Crippen LogP contribution in [0.1, 0.15) is 37.9 Å². The van der Waals surface area contributed by atoms with E-state index in [-0.39, 0.29) is 10.8 Å². The molecule has 18 nitrogen and oxygen atoms in total. The Morgan fingerprint density at radius 1 is 1.31 bits per heavy atom. The monoisotopic (exact) mass is 668 g/mol. The number of hydroxylamine groups is 2. The first-order valence-electron chi connectivity index (χ1n) is 13.4. The van der Waals surface area contributed by atoms with E-state index in [9.17, 15) is 27.9 Å². The average molecular weight is 669 g/mol. The maximum Gasteiger partial charge on any atom is 0.418 e. The van der Waals surface area contributed by atoms with Gasteiger partial charge in [0.25, 0.3) is 17.9 Å². The molecule has 0 radical (unpaired) electrons. The zero-order valence-corrected chi connectivity index (χ0v) is 25.7. The van der Waals surface area contributed by atoms with Crippen molar-refractivity contribution in [1.29, 1.82) is 0 Å². The number of carbonyl (C=O) groups is 3. The van der Waals surface area contributed by atoms with Crippen LogP contribution in [0.15, 0.2) is 39.8 Å². The molecule has 2 aliphatic rings. The zero-order chi connectivity index (χ0) is 32.9. The summed E-state index contributed by atoms with van der Waals surface area (Å²) in [4.78, 5) is 51.1. The third-order valence-corrected chi connectivity index (χ3v) is 7.85. The predicted octanol–water partition coefficient (Wildman–Crippen LogP) is -0.724. The van der Waals surface area contributed by atoms with Crippen molar-refractivity contribution in [1.82, 2.24) is 20.7 Å². The molecular weight excluding hydrogens is 636 g/mol. The van der Waals surface area contributed by atoms with Gasteiger partial charge in [-0.05, 0) is 57.5 Å². The number of rotatable bonds is 14. The van der Waals surface area contributed by atoms with Crippen molar-refractivity contribution in [3.63, 3.8) is 0 Å². The lowest BCUT2D eigenvalue weighted by atomic mass is 9.84. The van der Waals surface area contributed by atoms with Gasteiger partial charge in [-0.15, -0.1) is 15.6 Å². The van der Waals surface area contributed by atoms with Gasteiger partial charge in [-0.2, -0.15) is 13.5 Å². The lowest BCUT2D eigenvalue weighted by molar-refractivity contribution is -0.218. The smallest absolute Gasteiger partial charge is 0.418 e. The van der Waals surface area contributed by atoms with Crippen LogP contribution in [0.3, 0.4) is 0 Å². The van der Waals surface area contributed by atoms with Gasteiger partial charge in [0, 0.05) is 17.0 Å². The Hall–Kier alpha value is -4.37. The van der Waals surface area contributed by atoms with E-state index in [0.29, 0.717) is 34.8 Å². The number of amides is 2. The van der Waals surface area contributed by atoms with Gasteiger partial charge in [0.05, 0.1) is 12.1 Å². The van der Waals surface area contributed by atoms with Crippen LogP contribution in [0.2, 0.25) is 0 Å². The van der Waals surface area contributed by atoms with Crippen molar-refractivity contribution in [3.05, 3.63) is 40.9 Å². The fourth-order valence-corrected chi connectivity index (χ4v) is 5.39. The number of benzene rings is 1. The molecular formula is C25H32N8O10S2. The average Bonchev–Trinajstić information content (AvgIpc) is 3.66. The lowest BCUT2D eigenvalue weighted by Gasteiger charge is -2.50. The number of hydrogen-bond donors (Lipinski definition) is 6. The van der Waals surface area contributed by atoms with E-state index in [1.165, 1.54) is 19.2 Å². The highest BCUT2D eigenvalue weighted by atomic mass is 32.3. The molecule has 0 saturated carbocycles. The van der Waals surface area contributed by atoms with E-state index < -0.39 is 58.2 Å². The third-order valence-electron chi connectivity index (χ3n) is 6.84. The van der Waals surface area contributed by atoms with E-state index in [2.05, 4.69) is 30.0 Å². The molecule has 0 bridgehead atoms. The van der Waals surface area contributed by atoms with Gasteiger partial charge in [-0.3, -0.25) is 19.1 Å². The van der Waals surface area contributed by atoms with E-state index in [1.54, 1.807) is 24.3 Å². The number of thiazole rings is 1. The number of aliphatic carboxylic acids is 1. The normalized spacial score (nSPS) is 20.8. The summed E-state index contributed by atoms with van der Waals surface area (Å²) in [7, 11) is -5.01. The van der Waals surface area contributed by atoms with Gasteiger partial charge in [-0.25, -0.2) is 9.78 Å². The van der Waals surface area contributed by atoms with Gasteiger partial charge in [-0.1, -0.05) is 5.16 Å². The van der Waals surface area contributed by atoms with Crippen molar-refractivity contribution in [2.45, 2.75) is 50.4 Å². The number of aromatic nitrogens is 1. The summed E-state index contributed by atoms with van der Waals surface area (Å²) < 4.78 is 40.9. The number of β-lactam (4-membered cyclic amide) rings is 1. The third kappa shape index (κ3) is 8.42. The number of oxime groups is 1. The van der Waals surface area contributed by atoms with Gasteiger partial charge >= 0.3 is 16.4 Å². The summed E-state index contributed by atoms with van der Waals surface area (Å²) in [6, 6.07) is 5.48. The minimum atomic E-state index is -5.01. The van der Waals surface area contributed by atoms with Crippen LogP contribution in [0.5, 0.6) is 5.75 Å². The molecule has 0 aliphatic carbocycles. The number of ether oxygens (including phenoxy) is 1. The van der Waals surface area contributed by atoms with Gasteiger partial charge in [0.2, 0.25) is 0 Å². The minimum absolute atomic E-state index is 0.0562. The van der Waals surface area contributed by atoms with E-state index >= 15 is 0 Å². The van der Waals surface area contributed by atoms with E-state index in [4.69, 9.17) is 25.6 Å². The maximum atomic E-state index is 13.2. The molecule has 0 spiro atoms. The second kappa shape index (κ2) is 13.7. The summed E-state index contributed by atoms with van der Waals surface area (Å²) in [5.74, 6) is -2.82. The number of nitrogen functional groups attached to an aromatic ring is 1. The van der Waals surface area contributed by atoms with Crippen LogP contribution in [-0.4, -0.2) is 101 Å². The Kier molecular flexibility index (Phi) is 10.2. The lowest BCUT2D eigenvalue weighted by Crippen LogP contribution is -2.76. The van der Waals surface area contributed by atoms with Crippen molar-refractivity contribution in [2.24, 2.45) is 15.9 Å². The van der Waals surface area contributed by atoms with Gasteiger partial charge < -0.3 is 36.8 Å². The number of hydrogen-bond acceptors (Lipinski definition) is 14. The Morgan fingerprint density at radius 3 is 2.58 bits per heavy atom. The maximum absolute atomic E-state index is 13.2. The number of nitrogens with zero attached hydrogens (tertiary/aromatic N) is 4. The summed E-state index contributed by atoms with van der Waals surface area (Å²) in [5.41, 5.74) is 10.4. The molecule has 1 unspecified atom stereocenters. The molecule has 4 rings (SSSR count). The molecule has 3 heterocycles. The molecule has 20 heteroatoms. The number of nitrogens with two attached hydrogens (primary N) is 2. The molecule has 8 N–H and O–H groups in total. The minimum Gasteiger partial charge on any atom is -0.489 e. The quantitative estimate of drug-likeness (QED) is 0.0477. The van der Waals surface area contributed by atoms with Crippen LogP contribution in [0, 0.1) is 0 Å². The predicted molar refractivity (Wildman–Crippen MR) is 160 cm³/mol. The van der Waals surface area contributed by atoms with Crippen LogP contribution < -0.4 is 26.8 Å². The Bertz CT molecular complexity index is 1590. The molecule has 244 valence electrons. The van der Waals surface area contributed by atoms with Crippen molar-refractivity contribution in [3.8, 4) is 5.75 Å². The SMILES string of the molecule is CC1(C)[C@H](NC(=O)C(=NO[C@@H](COc2ccc(C(N)=NCC3CCCN3)cc2)C(=O)O)c2csc(N)n2)C(=O)N1OS(=O)(=O)O. The topological polar surface area (TPSA) is 270 Å². The Balaban J connectivity index is 1.42. The number of aliphatic imine (C=N–C) groups is 1. The van der Waals surface area contributed by atoms with Gasteiger partial charge in [0.15, 0.2) is 10.8 Å². The molecule has 3 atom stereocenters. The highest BCUT2D eigenvalue weighted by Gasteiger charge is 2.58. The number of anilines is 1. The molecule has 45 heavy (non-hydrogen) atoms. The first kappa shape index (κ1) is 33.5. The Morgan fingerprint density at radius 2 is 2.02 bits per heavy atom. The summed E-state index contributed by atoms with van der Waals surface area (Å²) in [5, 5.41) is 20.9. The molecule has 2 aliphatic heterocycles. The number of carboxylic acids is 1. The second-order valence-electron chi connectivity index (χ2n) is 10.5. The summed E-state index contributed by atoms with van der Waals surface area (Å²) in [6.07, 6.45) is 0.453. The Labute approximate surface area is 261 Å². The van der Waals surface area contributed by atoms with E-state index in [1.807, 2.05) is 0 Å². The van der Waals surface area contributed by atoms with Crippen LogP contribution in [0.25, 0.3) is 0 Å². The van der Waals surface area contributed by atoms with Crippen LogP contribution >= 0.6 is 11.3 Å². The summed E-state index contributed by atoms with van der Waals surface area (Å²) in [6.45, 7) is 3.73. The first-order chi connectivity index (χ1) is 21.2. The fourth-order valence-electron chi connectivity index (χ4n) is 4.39. The molecule has 2 saturated heterocycles. The number of carboxylic acid groups (broad SMARTS) is 1. The van der Waals surface area contributed by atoms with Crippen molar-refractivity contribution in [2.75, 3.05) is 25.4 Å². The zero-order valence-electron chi connectivity index (χ0n) is 24.1. The highest BCUT2D eigenvalue weighted by Crippen LogP contribution is 2.33. The largest absolute Gasteiger partial charge is 0.489 e. The number of carbonyl (C=O) groups excluding carboxylic acids is 2. The van der Waals surface area contributed by atoms with Crippen LogP contribution in [0.4, 0.5) is 5.13 Å². The molecule has 1 aromatic carbocycles. The second-order valence-corrected chi connectivity index (χ2v) is 12.4. The summed E-state index contributed by atoms with van der Waals surface area (Å²) >= 11 is 0.955. The number of nitrogens with one attached hydrogen (secondary N) is 2. The highest BCUT2D eigenvalue weighted by molar-refractivity contribution is 7.80. The molecule has 2 aromatic rings. The van der Waals surface area contributed by atoms with Gasteiger partial charge in [0.1, 0.15) is 29.9 Å². The molecule has 2 fully saturated rings. The fraction of sp³-hybridized carbons (Fsp3) is 0.440. The van der Waals surface area contributed by atoms with Crippen molar-refractivity contribution < 1.29 is 46.3 Å². The van der Waals surface area contributed by atoms with Crippen molar-refractivity contribution >= 4 is 56.2 Å². The molecule has 2 amide bonds. The standard InChI is InChI=1S/C25H32N8O10S2/c1-25(2)19(22(35)33(25)43-45(38,39)40)31-21(34)18(16-12-44-24(27)30-16)32-42-17(23(36)37)11-41-15-7-5-13(6-8-15)20(26)29-10-14-4-3-9-28-14/h5-8,12,14,17,19,28H,3-4,9-11H2,1-2H3,(H2,26,29)(H2,27,30)(H,31,34)(H,36,37)(H,38,39,40)/t14?,17-,19+/m0/s1. The number of amidine groups is 1. The van der Waals surface area contributed by atoms with Crippen LogP contribution in [-0.2, 0) is 33.9 Å².